The molecule has 3 nitrogen and oxygen atoms in total. The Balaban J connectivity index is 2.54. The molecule has 0 aliphatic heterocycles. The highest BCUT2D eigenvalue weighted by Gasteiger charge is 2.13. The highest BCUT2D eigenvalue weighted by Crippen LogP contribution is 2.15. The Morgan fingerprint density at radius 2 is 1.78 bits per heavy atom. The van der Waals surface area contributed by atoms with Crippen molar-refractivity contribution in [2.24, 2.45) is 5.92 Å². The third-order valence-corrected chi connectivity index (χ3v) is 3.11. The van der Waals surface area contributed by atoms with Gasteiger partial charge in [0.2, 0.25) is 0 Å². The van der Waals surface area contributed by atoms with Crippen molar-refractivity contribution < 1.29 is 9.90 Å². The van der Waals surface area contributed by atoms with Crippen LogP contribution in [0.3, 0.4) is 0 Å². The van der Waals surface area contributed by atoms with E-state index in [2.05, 4.69) is 38.1 Å². The van der Waals surface area contributed by atoms with Gasteiger partial charge in [-0.15, -0.1) is 0 Å². The van der Waals surface area contributed by atoms with Gasteiger partial charge in [-0.1, -0.05) is 45.0 Å². The molecule has 0 aliphatic carbocycles. The highest BCUT2D eigenvalue weighted by atomic mass is 16.4. The fourth-order valence-corrected chi connectivity index (χ4v) is 1.93. The van der Waals surface area contributed by atoms with Crippen molar-refractivity contribution in [3.8, 4) is 0 Å². The Bertz CT molecular complexity index is 384. The summed E-state index contributed by atoms with van der Waals surface area (Å²) in [5, 5.41) is 8.87. The number of rotatable bonds is 6. The Hall–Kier alpha value is -1.35. The maximum Gasteiger partial charge on any atom is 0.307 e. The normalized spacial score (nSPS) is 13.0. The first-order chi connectivity index (χ1) is 8.40. The number of carboxylic acid groups (broad SMARTS) is 1. The van der Waals surface area contributed by atoms with E-state index in [1.165, 1.54) is 11.1 Å². The van der Waals surface area contributed by atoms with Crippen LogP contribution in [0.4, 0.5) is 0 Å². The number of nitrogens with zero attached hydrogens (tertiary/aromatic N) is 1. The second kappa shape index (κ2) is 6.55. The average Bonchev–Trinajstić information content (AvgIpc) is 2.29. The van der Waals surface area contributed by atoms with Crippen LogP contribution < -0.4 is 0 Å². The molecule has 1 N–H and O–H groups in total. The Morgan fingerprint density at radius 3 is 2.22 bits per heavy atom. The lowest BCUT2D eigenvalue weighted by Gasteiger charge is -2.19. The first-order valence-electron chi connectivity index (χ1n) is 6.40. The van der Waals surface area contributed by atoms with Gasteiger partial charge in [0.1, 0.15) is 0 Å². The van der Waals surface area contributed by atoms with Crippen LogP contribution in [0.5, 0.6) is 0 Å². The van der Waals surface area contributed by atoms with E-state index in [9.17, 15) is 4.79 Å². The van der Waals surface area contributed by atoms with Gasteiger partial charge in [0.15, 0.2) is 0 Å². The van der Waals surface area contributed by atoms with Crippen LogP contribution in [0.15, 0.2) is 24.3 Å². The number of carboxylic acids is 1. The van der Waals surface area contributed by atoms with Crippen molar-refractivity contribution >= 4 is 5.97 Å². The summed E-state index contributed by atoms with van der Waals surface area (Å²) in [5.41, 5.74) is 2.56. The Labute approximate surface area is 109 Å². The molecule has 0 amide bonds. The summed E-state index contributed by atoms with van der Waals surface area (Å²) in [6.45, 7) is 7.45. The SMILES string of the molecule is CC(CN(C)Cc1ccc(C(C)C)cc1)C(=O)O. The van der Waals surface area contributed by atoms with Crippen LogP contribution in [0.25, 0.3) is 0 Å². The molecule has 0 saturated carbocycles. The Kier molecular flexibility index (Phi) is 5.35. The summed E-state index contributed by atoms with van der Waals surface area (Å²) in [6.07, 6.45) is 0. The molecule has 0 aliphatic rings. The molecule has 0 radical (unpaired) electrons. The average molecular weight is 249 g/mol. The van der Waals surface area contributed by atoms with Gasteiger partial charge in [0.25, 0.3) is 0 Å². The standard InChI is InChI=1S/C15H23NO2/c1-11(2)14-7-5-13(6-8-14)10-16(4)9-12(3)15(17)18/h5-8,11-12H,9-10H2,1-4H3,(H,17,18). The molecule has 0 bridgehead atoms. The maximum atomic E-state index is 10.8. The number of aliphatic carboxylic acids is 1. The fourth-order valence-electron chi connectivity index (χ4n) is 1.93. The van der Waals surface area contributed by atoms with Gasteiger partial charge in [-0.05, 0) is 24.1 Å². The third kappa shape index (κ3) is 4.49. The van der Waals surface area contributed by atoms with Crippen molar-refractivity contribution in [2.45, 2.75) is 33.2 Å². The molecule has 0 spiro atoms. The fraction of sp³-hybridized carbons (Fsp3) is 0.533. The summed E-state index contributed by atoms with van der Waals surface area (Å²) >= 11 is 0. The molecule has 3 heteroatoms. The van der Waals surface area contributed by atoms with E-state index in [-0.39, 0.29) is 5.92 Å². The molecular formula is C15H23NO2. The van der Waals surface area contributed by atoms with Crippen molar-refractivity contribution in [3.05, 3.63) is 35.4 Å². The molecule has 0 aromatic heterocycles. The topological polar surface area (TPSA) is 40.5 Å². The van der Waals surface area contributed by atoms with Crippen molar-refractivity contribution in [3.63, 3.8) is 0 Å². The minimum absolute atomic E-state index is 0.329. The highest BCUT2D eigenvalue weighted by molar-refractivity contribution is 5.69. The maximum absolute atomic E-state index is 10.8. The molecule has 1 aromatic rings. The van der Waals surface area contributed by atoms with Crippen LogP contribution >= 0.6 is 0 Å². The molecule has 1 aromatic carbocycles. The smallest absolute Gasteiger partial charge is 0.307 e. The first-order valence-corrected chi connectivity index (χ1v) is 6.40. The van der Waals surface area contributed by atoms with E-state index in [0.29, 0.717) is 12.5 Å². The van der Waals surface area contributed by atoms with Gasteiger partial charge < -0.3 is 10.0 Å². The van der Waals surface area contributed by atoms with E-state index in [1.54, 1.807) is 6.92 Å². The van der Waals surface area contributed by atoms with Gasteiger partial charge in [-0.2, -0.15) is 0 Å². The summed E-state index contributed by atoms with van der Waals surface area (Å²) in [7, 11) is 1.95. The minimum atomic E-state index is -0.739. The minimum Gasteiger partial charge on any atom is -0.481 e. The van der Waals surface area contributed by atoms with Crippen molar-refractivity contribution in [1.29, 1.82) is 0 Å². The quantitative estimate of drug-likeness (QED) is 0.842. The lowest BCUT2D eigenvalue weighted by molar-refractivity contribution is -0.141. The zero-order valence-electron chi connectivity index (χ0n) is 11.7. The third-order valence-electron chi connectivity index (χ3n) is 3.11. The zero-order chi connectivity index (χ0) is 13.7. The number of hydrogen-bond acceptors (Lipinski definition) is 2. The van der Waals surface area contributed by atoms with E-state index in [0.717, 1.165) is 6.54 Å². The molecule has 100 valence electrons. The van der Waals surface area contributed by atoms with E-state index < -0.39 is 5.97 Å². The summed E-state index contributed by atoms with van der Waals surface area (Å²) in [4.78, 5) is 12.8. The lowest BCUT2D eigenvalue weighted by Crippen LogP contribution is -2.28. The van der Waals surface area contributed by atoms with E-state index in [1.807, 2.05) is 11.9 Å². The first kappa shape index (κ1) is 14.7. The molecule has 0 heterocycles. The van der Waals surface area contributed by atoms with Crippen LogP contribution in [0.1, 0.15) is 37.8 Å². The second-order valence-corrected chi connectivity index (χ2v) is 5.33. The lowest BCUT2D eigenvalue weighted by atomic mass is 10.0. The summed E-state index contributed by atoms with van der Waals surface area (Å²) in [5.74, 6) is -0.522. The van der Waals surface area contributed by atoms with Gasteiger partial charge in [-0.3, -0.25) is 4.79 Å². The van der Waals surface area contributed by atoms with Gasteiger partial charge in [-0.25, -0.2) is 0 Å². The van der Waals surface area contributed by atoms with Gasteiger partial charge in [0.05, 0.1) is 5.92 Å². The summed E-state index contributed by atoms with van der Waals surface area (Å²) < 4.78 is 0. The number of hydrogen-bond donors (Lipinski definition) is 1. The van der Waals surface area contributed by atoms with Gasteiger partial charge >= 0.3 is 5.97 Å². The van der Waals surface area contributed by atoms with E-state index >= 15 is 0 Å². The monoisotopic (exact) mass is 249 g/mol. The van der Waals surface area contributed by atoms with Crippen LogP contribution in [-0.2, 0) is 11.3 Å². The van der Waals surface area contributed by atoms with Gasteiger partial charge in [0, 0.05) is 13.1 Å². The van der Waals surface area contributed by atoms with Crippen LogP contribution in [0.2, 0.25) is 0 Å². The molecule has 1 unspecified atom stereocenters. The van der Waals surface area contributed by atoms with Crippen molar-refractivity contribution in [2.75, 3.05) is 13.6 Å². The van der Waals surface area contributed by atoms with E-state index in [4.69, 9.17) is 5.11 Å². The second-order valence-electron chi connectivity index (χ2n) is 5.33. The Morgan fingerprint density at radius 1 is 1.22 bits per heavy atom. The number of benzene rings is 1. The summed E-state index contributed by atoms with van der Waals surface area (Å²) in [6, 6.07) is 8.54. The molecule has 0 saturated heterocycles. The molecule has 0 fully saturated rings. The predicted octanol–water partition coefficient (Wildman–Crippen LogP) is 2.96. The number of carbonyl (C=O) groups is 1. The zero-order valence-corrected chi connectivity index (χ0v) is 11.7. The molecule has 1 atom stereocenters. The molecule has 18 heavy (non-hydrogen) atoms. The van der Waals surface area contributed by atoms with Crippen LogP contribution in [0, 0.1) is 5.92 Å². The predicted molar refractivity (Wildman–Crippen MR) is 73.7 cm³/mol. The van der Waals surface area contributed by atoms with Crippen LogP contribution in [-0.4, -0.2) is 29.6 Å². The largest absolute Gasteiger partial charge is 0.481 e. The molecular weight excluding hydrogens is 226 g/mol. The van der Waals surface area contributed by atoms with Crippen molar-refractivity contribution in [1.82, 2.24) is 4.90 Å². The molecule has 1 rings (SSSR count).